The van der Waals surface area contributed by atoms with Gasteiger partial charge >= 0.3 is 5.97 Å². The second kappa shape index (κ2) is 7.86. The van der Waals surface area contributed by atoms with Gasteiger partial charge in [0.1, 0.15) is 11.8 Å². The van der Waals surface area contributed by atoms with E-state index in [1.165, 1.54) is 19.2 Å². The van der Waals surface area contributed by atoms with E-state index in [0.717, 1.165) is 10.7 Å². The average Bonchev–Trinajstić information content (AvgIpc) is 2.43. The van der Waals surface area contributed by atoms with Crippen molar-refractivity contribution in [1.29, 1.82) is 0 Å². The van der Waals surface area contributed by atoms with Gasteiger partial charge in [0.05, 0.1) is 7.11 Å². The number of anilines is 1. The van der Waals surface area contributed by atoms with E-state index >= 15 is 0 Å². The molecular formula is C13H18NO5S-. The maximum absolute atomic E-state index is 11.4. The Morgan fingerprint density at radius 1 is 1.45 bits per heavy atom. The number of aliphatic carboxylic acids is 1. The molecule has 112 valence electrons. The first kappa shape index (κ1) is 16.5. The molecule has 0 heterocycles. The summed E-state index contributed by atoms with van der Waals surface area (Å²) in [4.78, 5) is 11.3. The van der Waals surface area contributed by atoms with E-state index in [-0.39, 0.29) is 6.42 Å². The van der Waals surface area contributed by atoms with Gasteiger partial charge in [-0.25, -0.2) is 4.79 Å². The van der Waals surface area contributed by atoms with Gasteiger partial charge in [-0.1, -0.05) is 19.8 Å². The summed E-state index contributed by atoms with van der Waals surface area (Å²) >= 11 is -2.66. The standard InChI is InChI=1S/C13H19NO5S/c1-3-4-5-12(13(15)16)14(20(17)18)10-6-8-11(19-2)9-7-10/h6-9,12H,3-5H2,1-2H3,(H,15,16)(H,17,18)/p-1/t12-/m0/s1. The van der Waals surface area contributed by atoms with Gasteiger partial charge in [-0.3, -0.25) is 8.51 Å². The van der Waals surface area contributed by atoms with E-state index in [2.05, 4.69) is 0 Å². The zero-order valence-corrected chi connectivity index (χ0v) is 12.3. The van der Waals surface area contributed by atoms with Gasteiger partial charge in [-0.15, -0.1) is 0 Å². The van der Waals surface area contributed by atoms with Crippen LogP contribution in [0.2, 0.25) is 0 Å². The summed E-state index contributed by atoms with van der Waals surface area (Å²) in [7, 11) is 1.50. The highest BCUT2D eigenvalue weighted by molar-refractivity contribution is 7.80. The predicted molar refractivity (Wildman–Crippen MR) is 75.3 cm³/mol. The van der Waals surface area contributed by atoms with Crippen LogP contribution in [0.5, 0.6) is 5.75 Å². The molecule has 0 spiro atoms. The van der Waals surface area contributed by atoms with Crippen LogP contribution >= 0.6 is 0 Å². The highest BCUT2D eigenvalue weighted by Crippen LogP contribution is 2.24. The van der Waals surface area contributed by atoms with Gasteiger partial charge in [-0.05, 0) is 30.7 Å². The number of nitrogens with zero attached hydrogens (tertiary/aromatic N) is 1. The minimum atomic E-state index is -2.66. The second-order valence-corrected chi connectivity index (χ2v) is 5.06. The zero-order valence-electron chi connectivity index (χ0n) is 11.4. The third-order valence-electron chi connectivity index (χ3n) is 2.89. The SMILES string of the molecule is CCCC[C@@H](C(=O)O)N(c1ccc(OC)cc1)S(=O)[O-]. The number of carboxylic acids is 1. The maximum atomic E-state index is 11.4. The summed E-state index contributed by atoms with van der Waals surface area (Å²) in [6, 6.07) is 5.14. The molecule has 1 N–H and O–H groups in total. The number of benzene rings is 1. The van der Waals surface area contributed by atoms with Crippen molar-refractivity contribution in [2.45, 2.75) is 32.2 Å². The molecule has 1 aromatic carbocycles. The minimum Gasteiger partial charge on any atom is -0.755 e. The predicted octanol–water partition coefficient (Wildman–Crippen LogP) is 1.94. The van der Waals surface area contributed by atoms with Crippen molar-refractivity contribution in [2.24, 2.45) is 0 Å². The zero-order chi connectivity index (χ0) is 15.1. The third kappa shape index (κ3) is 4.21. The van der Waals surface area contributed by atoms with Crippen LogP contribution in [0.25, 0.3) is 0 Å². The van der Waals surface area contributed by atoms with E-state index in [0.29, 0.717) is 17.9 Å². The number of carboxylic acid groups (broad SMARTS) is 1. The Morgan fingerprint density at radius 2 is 2.05 bits per heavy atom. The van der Waals surface area contributed by atoms with E-state index in [4.69, 9.17) is 4.74 Å². The molecular weight excluding hydrogens is 282 g/mol. The van der Waals surface area contributed by atoms with Gasteiger partial charge in [0, 0.05) is 17.0 Å². The molecule has 0 aromatic heterocycles. The largest absolute Gasteiger partial charge is 0.755 e. The first-order valence-electron chi connectivity index (χ1n) is 6.26. The molecule has 7 heteroatoms. The van der Waals surface area contributed by atoms with Crippen molar-refractivity contribution in [3.63, 3.8) is 0 Å². The molecule has 0 saturated carbocycles. The van der Waals surface area contributed by atoms with Crippen LogP contribution < -0.4 is 9.04 Å². The minimum absolute atomic E-state index is 0.270. The Balaban J connectivity index is 3.06. The molecule has 0 amide bonds. The van der Waals surface area contributed by atoms with Crippen LogP contribution in [0.4, 0.5) is 5.69 Å². The Hall–Kier alpha value is -1.60. The van der Waals surface area contributed by atoms with Crippen LogP contribution in [0.15, 0.2) is 24.3 Å². The Labute approximate surface area is 120 Å². The number of unbranched alkanes of at least 4 members (excludes halogenated alkanes) is 1. The molecule has 1 aromatic rings. The quantitative estimate of drug-likeness (QED) is 0.741. The summed E-state index contributed by atoms with van der Waals surface area (Å²) in [5.41, 5.74) is 0.308. The van der Waals surface area contributed by atoms with Gasteiger partial charge in [0.2, 0.25) is 0 Å². The lowest BCUT2D eigenvalue weighted by Crippen LogP contribution is -2.42. The first-order valence-corrected chi connectivity index (χ1v) is 7.30. The van der Waals surface area contributed by atoms with Crippen molar-refractivity contribution in [1.82, 2.24) is 0 Å². The van der Waals surface area contributed by atoms with Crippen LogP contribution in [0.3, 0.4) is 0 Å². The summed E-state index contributed by atoms with van der Waals surface area (Å²) in [5.74, 6) is -0.579. The van der Waals surface area contributed by atoms with Crippen LogP contribution in [0, 0.1) is 0 Å². The average molecular weight is 300 g/mol. The van der Waals surface area contributed by atoms with E-state index in [9.17, 15) is 18.7 Å². The lowest BCUT2D eigenvalue weighted by Gasteiger charge is -2.32. The van der Waals surface area contributed by atoms with Crippen molar-refractivity contribution in [3.8, 4) is 5.75 Å². The maximum Gasteiger partial charge on any atom is 0.327 e. The van der Waals surface area contributed by atoms with E-state index in [1.54, 1.807) is 12.1 Å². The fourth-order valence-corrected chi connectivity index (χ4v) is 2.53. The van der Waals surface area contributed by atoms with Gasteiger partial charge in [0.15, 0.2) is 0 Å². The number of rotatable bonds is 8. The van der Waals surface area contributed by atoms with Gasteiger partial charge in [-0.2, -0.15) is 0 Å². The molecule has 6 nitrogen and oxygen atoms in total. The lowest BCUT2D eigenvalue weighted by molar-refractivity contribution is -0.138. The summed E-state index contributed by atoms with van der Waals surface area (Å²) in [6.07, 6.45) is 1.71. The number of hydrogen-bond acceptors (Lipinski definition) is 4. The Kier molecular flexibility index (Phi) is 6.47. The molecule has 0 saturated heterocycles. The van der Waals surface area contributed by atoms with E-state index < -0.39 is 23.3 Å². The molecule has 2 atom stereocenters. The molecule has 1 rings (SSSR count). The van der Waals surface area contributed by atoms with E-state index in [1.807, 2.05) is 6.92 Å². The van der Waals surface area contributed by atoms with Crippen molar-refractivity contribution >= 4 is 22.9 Å². The highest BCUT2D eigenvalue weighted by atomic mass is 32.2. The molecule has 20 heavy (non-hydrogen) atoms. The highest BCUT2D eigenvalue weighted by Gasteiger charge is 2.26. The van der Waals surface area contributed by atoms with Crippen molar-refractivity contribution in [2.75, 3.05) is 11.4 Å². The smallest absolute Gasteiger partial charge is 0.327 e. The molecule has 0 radical (unpaired) electrons. The second-order valence-electron chi connectivity index (χ2n) is 4.24. The summed E-state index contributed by atoms with van der Waals surface area (Å²) < 4.78 is 28.7. The lowest BCUT2D eigenvalue weighted by atomic mass is 10.1. The summed E-state index contributed by atoms with van der Waals surface area (Å²) in [5, 5.41) is 9.24. The number of ether oxygens (including phenoxy) is 1. The topological polar surface area (TPSA) is 89.9 Å². The molecule has 0 aliphatic heterocycles. The van der Waals surface area contributed by atoms with Crippen molar-refractivity contribution in [3.05, 3.63) is 24.3 Å². The Bertz CT molecular complexity index is 462. The molecule has 0 bridgehead atoms. The number of hydrogen-bond donors (Lipinski definition) is 1. The fraction of sp³-hybridized carbons (Fsp3) is 0.462. The van der Waals surface area contributed by atoms with Gasteiger partial charge in [0.25, 0.3) is 0 Å². The Morgan fingerprint density at radius 3 is 2.45 bits per heavy atom. The monoisotopic (exact) mass is 300 g/mol. The molecule has 0 fully saturated rings. The van der Waals surface area contributed by atoms with Crippen LogP contribution in [0.1, 0.15) is 26.2 Å². The third-order valence-corrected chi connectivity index (χ3v) is 3.67. The fourth-order valence-electron chi connectivity index (χ4n) is 1.84. The van der Waals surface area contributed by atoms with Gasteiger partial charge < -0.3 is 14.4 Å². The number of methoxy groups -OCH3 is 1. The first-order chi connectivity index (χ1) is 9.51. The van der Waals surface area contributed by atoms with Crippen LogP contribution in [-0.4, -0.2) is 33.0 Å². The van der Waals surface area contributed by atoms with Crippen molar-refractivity contribution < 1.29 is 23.4 Å². The molecule has 0 aliphatic carbocycles. The summed E-state index contributed by atoms with van der Waals surface area (Å²) in [6.45, 7) is 1.92. The normalized spacial score (nSPS) is 13.6. The number of carbonyl (C=O) groups is 1. The molecule has 0 aliphatic rings. The molecule has 1 unspecified atom stereocenters. The van der Waals surface area contributed by atoms with Crippen LogP contribution in [-0.2, 0) is 16.1 Å².